The zero-order valence-corrected chi connectivity index (χ0v) is 16.5. The van der Waals surface area contributed by atoms with Gasteiger partial charge in [0.15, 0.2) is 5.13 Å². The Labute approximate surface area is 162 Å². The molecule has 27 heavy (non-hydrogen) atoms. The molecule has 2 N–H and O–H groups in total. The molecule has 8 nitrogen and oxygen atoms in total. The molecule has 1 aromatic heterocycles. The third-order valence-electron chi connectivity index (χ3n) is 5.84. The summed E-state index contributed by atoms with van der Waals surface area (Å²) in [5.41, 5.74) is 0.216. The number of nitrogens with zero attached hydrogens (tertiary/aromatic N) is 3. The molecule has 0 radical (unpaired) electrons. The van der Waals surface area contributed by atoms with E-state index in [4.69, 9.17) is 0 Å². The highest BCUT2D eigenvalue weighted by atomic mass is 32.1. The van der Waals surface area contributed by atoms with Gasteiger partial charge in [0.2, 0.25) is 5.91 Å². The minimum absolute atomic E-state index is 0.269. The van der Waals surface area contributed by atoms with Crippen molar-refractivity contribution in [1.82, 2.24) is 20.1 Å². The molecule has 1 saturated heterocycles. The van der Waals surface area contributed by atoms with Crippen molar-refractivity contribution in [3.8, 4) is 0 Å². The van der Waals surface area contributed by atoms with Gasteiger partial charge in [0.25, 0.3) is 5.91 Å². The van der Waals surface area contributed by atoms with Gasteiger partial charge in [-0.05, 0) is 38.6 Å². The van der Waals surface area contributed by atoms with E-state index in [9.17, 15) is 14.4 Å². The third-order valence-corrected chi connectivity index (χ3v) is 6.84. The number of thiazole rings is 1. The smallest absolute Gasteiger partial charge is 0.323 e. The highest BCUT2D eigenvalue weighted by Gasteiger charge is 2.52. The first kappa shape index (κ1) is 18.4. The Hall–Kier alpha value is -2.00. The molecule has 9 heteroatoms. The summed E-state index contributed by atoms with van der Waals surface area (Å²) in [7, 11) is 2.06. The average molecular weight is 391 g/mol. The normalized spacial score (nSPS) is 28.4. The lowest BCUT2D eigenvalue weighted by Gasteiger charge is -2.33. The van der Waals surface area contributed by atoms with Gasteiger partial charge in [-0.2, -0.15) is 0 Å². The van der Waals surface area contributed by atoms with E-state index in [0.717, 1.165) is 47.8 Å². The van der Waals surface area contributed by atoms with Crippen LogP contribution in [0.25, 0.3) is 0 Å². The van der Waals surface area contributed by atoms with Crippen LogP contribution in [0.1, 0.15) is 43.2 Å². The van der Waals surface area contributed by atoms with Gasteiger partial charge in [-0.25, -0.2) is 9.78 Å². The van der Waals surface area contributed by atoms with Gasteiger partial charge in [-0.1, -0.05) is 6.92 Å². The molecule has 4 rings (SSSR count). The SMILES string of the molecule is CC1CCC2(CC1)NC(=O)N(CC(=O)Nc1nc3c(s1)CN(C)CC3)C2=O. The van der Waals surface area contributed by atoms with Gasteiger partial charge in [0.1, 0.15) is 12.1 Å². The largest absolute Gasteiger partial charge is 0.325 e. The maximum absolute atomic E-state index is 12.8. The van der Waals surface area contributed by atoms with E-state index in [2.05, 4.69) is 34.5 Å². The highest BCUT2D eigenvalue weighted by molar-refractivity contribution is 7.15. The summed E-state index contributed by atoms with van der Waals surface area (Å²) < 4.78 is 0. The van der Waals surface area contributed by atoms with Crippen molar-refractivity contribution < 1.29 is 14.4 Å². The van der Waals surface area contributed by atoms with Crippen LogP contribution in [-0.4, -0.2) is 58.3 Å². The molecule has 1 saturated carbocycles. The number of fused-ring (bicyclic) bond motifs is 1. The molecule has 1 aromatic rings. The lowest BCUT2D eigenvalue weighted by atomic mass is 9.77. The summed E-state index contributed by atoms with van der Waals surface area (Å²) in [6.45, 7) is 3.67. The number of aromatic nitrogens is 1. The molecular formula is C18H25N5O3S. The molecule has 1 spiro atoms. The summed E-state index contributed by atoms with van der Waals surface area (Å²) >= 11 is 1.46. The second-order valence-corrected chi connectivity index (χ2v) is 9.09. The summed E-state index contributed by atoms with van der Waals surface area (Å²) in [6.07, 6.45) is 3.97. The van der Waals surface area contributed by atoms with Crippen LogP contribution < -0.4 is 10.6 Å². The van der Waals surface area contributed by atoms with Gasteiger partial charge in [0.05, 0.1) is 5.69 Å². The van der Waals surface area contributed by atoms with Gasteiger partial charge in [-0.15, -0.1) is 11.3 Å². The van der Waals surface area contributed by atoms with Crippen molar-refractivity contribution in [3.63, 3.8) is 0 Å². The van der Waals surface area contributed by atoms with Crippen LogP contribution >= 0.6 is 11.3 Å². The fourth-order valence-corrected chi connectivity index (χ4v) is 5.20. The second kappa shape index (κ2) is 6.87. The van der Waals surface area contributed by atoms with E-state index in [1.54, 1.807) is 0 Å². The molecule has 0 unspecified atom stereocenters. The molecule has 3 heterocycles. The second-order valence-electron chi connectivity index (χ2n) is 8.01. The van der Waals surface area contributed by atoms with E-state index in [-0.39, 0.29) is 18.4 Å². The summed E-state index contributed by atoms with van der Waals surface area (Å²) in [5, 5.41) is 6.13. The van der Waals surface area contributed by atoms with Crippen molar-refractivity contribution in [2.75, 3.05) is 25.5 Å². The van der Waals surface area contributed by atoms with Gasteiger partial charge >= 0.3 is 6.03 Å². The molecule has 0 aromatic carbocycles. The number of rotatable bonds is 3. The van der Waals surface area contributed by atoms with E-state index < -0.39 is 11.6 Å². The van der Waals surface area contributed by atoms with Crippen LogP contribution in [0.15, 0.2) is 0 Å². The summed E-state index contributed by atoms with van der Waals surface area (Å²) in [5.74, 6) is -0.0959. The monoisotopic (exact) mass is 391 g/mol. The first-order valence-corrected chi connectivity index (χ1v) is 10.3. The predicted octanol–water partition coefficient (Wildman–Crippen LogP) is 1.57. The van der Waals surface area contributed by atoms with Crippen molar-refractivity contribution in [2.45, 2.75) is 51.1 Å². The first-order valence-electron chi connectivity index (χ1n) is 9.47. The zero-order chi connectivity index (χ0) is 19.2. The Morgan fingerprint density at radius 3 is 2.85 bits per heavy atom. The number of likely N-dealkylation sites (N-methyl/N-ethyl adjacent to an activating group) is 1. The van der Waals surface area contributed by atoms with E-state index in [0.29, 0.717) is 23.9 Å². The quantitative estimate of drug-likeness (QED) is 0.763. The molecular weight excluding hydrogens is 366 g/mol. The number of amides is 4. The van der Waals surface area contributed by atoms with Crippen molar-refractivity contribution in [2.24, 2.45) is 5.92 Å². The molecule has 0 bridgehead atoms. The number of imide groups is 1. The molecule has 0 atom stereocenters. The lowest BCUT2D eigenvalue weighted by Crippen LogP contribution is -2.49. The highest BCUT2D eigenvalue weighted by Crippen LogP contribution is 2.36. The van der Waals surface area contributed by atoms with Gasteiger partial charge < -0.3 is 15.5 Å². The van der Waals surface area contributed by atoms with E-state index in [1.807, 2.05) is 0 Å². The molecule has 4 amide bonds. The Morgan fingerprint density at radius 2 is 2.11 bits per heavy atom. The lowest BCUT2D eigenvalue weighted by molar-refractivity contribution is -0.135. The maximum Gasteiger partial charge on any atom is 0.325 e. The van der Waals surface area contributed by atoms with Crippen LogP contribution in [0.2, 0.25) is 0 Å². The van der Waals surface area contributed by atoms with Gasteiger partial charge in [-0.3, -0.25) is 14.5 Å². The molecule has 146 valence electrons. The molecule has 2 aliphatic heterocycles. The number of anilines is 1. The van der Waals surface area contributed by atoms with E-state index in [1.165, 1.54) is 11.3 Å². The zero-order valence-electron chi connectivity index (χ0n) is 15.7. The van der Waals surface area contributed by atoms with Crippen molar-refractivity contribution >= 4 is 34.3 Å². The van der Waals surface area contributed by atoms with Crippen LogP contribution in [0.5, 0.6) is 0 Å². The third kappa shape index (κ3) is 3.45. The van der Waals surface area contributed by atoms with Crippen LogP contribution in [0.4, 0.5) is 9.93 Å². The number of carbonyl (C=O) groups is 3. The Bertz CT molecular complexity index is 784. The van der Waals surface area contributed by atoms with Crippen molar-refractivity contribution in [1.29, 1.82) is 0 Å². The number of urea groups is 1. The maximum atomic E-state index is 12.8. The number of carbonyl (C=O) groups excluding carboxylic acids is 3. The Morgan fingerprint density at radius 1 is 1.37 bits per heavy atom. The van der Waals surface area contributed by atoms with Crippen LogP contribution in [0, 0.1) is 5.92 Å². The Balaban J connectivity index is 1.40. The van der Waals surface area contributed by atoms with Crippen molar-refractivity contribution in [3.05, 3.63) is 10.6 Å². The minimum Gasteiger partial charge on any atom is -0.323 e. The fraction of sp³-hybridized carbons (Fsp3) is 0.667. The first-order chi connectivity index (χ1) is 12.9. The van der Waals surface area contributed by atoms with Crippen LogP contribution in [0.3, 0.4) is 0 Å². The van der Waals surface area contributed by atoms with E-state index >= 15 is 0 Å². The minimum atomic E-state index is -0.811. The standard InChI is InChI=1S/C18H25N5O3S/c1-11-3-6-18(7-4-11)15(25)23(17(26)21-18)10-14(24)20-16-19-12-5-8-22(2)9-13(12)27-16/h11H,3-10H2,1-2H3,(H,21,26)(H,19,20,24). The average Bonchev–Trinajstić information content (AvgIpc) is 3.11. The molecule has 3 aliphatic rings. The van der Waals surface area contributed by atoms with Gasteiger partial charge in [0, 0.05) is 24.4 Å². The predicted molar refractivity (Wildman–Crippen MR) is 101 cm³/mol. The van der Waals surface area contributed by atoms with Crippen LogP contribution in [-0.2, 0) is 22.6 Å². The molecule has 2 fully saturated rings. The Kier molecular flexibility index (Phi) is 4.67. The number of nitrogens with one attached hydrogen (secondary N) is 2. The number of hydrogen-bond donors (Lipinski definition) is 2. The summed E-state index contributed by atoms with van der Waals surface area (Å²) in [4.78, 5) is 46.5. The summed E-state index contributed by atoms with van der Waals surface area (Å²) in [6, 6.07) is -0.468. The topological polar surface area (TPSA) is 94.6 Å². The number of hydrogen-bond acceptors (Lipinski definition) is 6. The molecule has 1 aliphatic carbocycles. The fourth-order valence-electron chi connectivity index (χ4n) is 4.09.